The summed E-state index contributed by atoms with van der Waals surface area (Å²) in [4.78, 5) is 23.5. The van der Waals surface area contributed by atoms with Gasteiger partial charge in [0, 0.05) is 11.3 Å². The predicted octanol–water partition coefficient (Wildman–Crippen LogP) is 3.28. The van der Waals surface area contributed by atoms with Crippen LogP contribution in [0.4, 0.5) is 5.69 Å². The standard InChI is InChI=1S/C20H21NO4/c1-13(22)14-5-2-6-15(11-14)21-20(24)12-25-19-10-4-7-16-17(19)8-3-9-18(16)23/h2,4-7,10-11,18,23H,3,8-9,12H2,1H3,(H,21,24). The molecule has 0 bridgehead atoms. The molecule has 130 valence electrons. The molecule has 25 heavy (non-hydrogen) atoms. The minimum absolute atomic E-state index is 0.0539. The Morgan fingerprint density at radius 1 is 1.24 bits per heavy atom. The third kappa shape index (κ3) is 4.06. The van der Waals surface area contributed by atoms with Gasteiger partial charge in [0.1, 0.15) is 5.75 Å². The van der Waals surface area contributed by atoms with E-state index in [-0.39, 0.29) is 18.3 Å². The maximum Gasteiger partial charge on any atom is 0.262 e. The van der Waals surface area contributed by atoms with Gasteiger partial charge in [-0.2, -0.15) is 0 Å². The third-order valence-corrected chi connectivity index (χ3v) is 4.34. The summed E-state index contributed by atoms with van der Waals surface area (Å²) in [5, 5.41) is 12.8. The SMILES string of the molecule is CC(=O)c1cccc(NC(=O)COc2cccc3c2CCCC3O)c1. The van der Waals surface area contributed by atoms with Crippen LogP contribution >= 0.6 is 0 Å². The van der Waals surface area contributed by atoms with Crippen LogP contribution in [0.3, 0.4) is 0 Å². The first kappa shape index (κ1) is 17.2. The maximum atomic E-state index is 12.1. The lowest BCUT2D eigenvalue weighted by molar-refractivity contribution is -0.118. The van der Waals surface area contributed by atoms with E-state index in [1.807, 2.05) is 18.2 Å². The molecule has 0 heterocycles. The Hall–Kier alpha value is -2.66. The van der Waals surface area contributed by atoms with Crippen molar-refractivity contribution in [2.75, 3.05) is 11.9 Å². The van der Waals surface area contributed by atoms with Crippen LogP contribution in [0, 0.1) is 0 Å². The minimum Gasteiger partial charge on any atom is -0.483 e. The monoisotopic (exact) mass is 339 g/mol. The number of carbonyl (C=O) groups excluding carboxylic acids is 2. The summed E-state index contributed by atoms with van der Waals surface area (Å²) in [6.45, 7) is 1.36. The van der Waals surface area contributed by atoms with E-state index < -0.39 is 6.10 Å². The van der Waals surface area contributed by atoms with Crippen molar-refractivity contribution >= 4 is 17.4 Å². The maximum absolute atomic E-state index is 12.1. The average molecular weight is 339 g/mol. The molecule has 3 rings (SSSR count). The summed E-state index contributed by atoms with van der Waals surface area (Å²) >= 11 is 0. The van der Waals surface area contributed by atoms with E-state index in [9.17, 15) is 14.7 Å². The zero-order valence-corrected chi connectivity index (χ0v) is 14.1. The smallest absolute Gasteiger partial charge is 0.262 e. The van der Waals surface area contributed by atoms with Crippen LogP contribution in [0.5, 0.6) is 5.75 Å². The number of ketones is 1. The van der Waals surface area contributed by atoms with Gasteiger partial charge in [-0.1, -0.05) is 24.3 Å². The second-order valence-corrected chi connectivity index (χ2v) is 6.21. The highest BCUT2D eigenvalue weighted by Crippen LogP contribution is 2.35. The number of benzene rings is 2. The number of aliphatic hydroxyl groups excluding tert-OH is 1. The molecule has 1 aliphatic rings. The van der Waals surface area contributed by atoms with Crippen molar-refractivity contribution in [3.8, 4) is 5.75 Å². The summed E-state index contributed by atoms with van der Waals surface area (Å²) in [5.74, 6) is 0.292. The molecule has 1 aliphatic carbocycles. The Balaban J connectivity index is 1.64. The first-order valence-corrected chi connectivity index (χ1v) is 8.38. The largest absolute Gasteiger partial charge is 0.483 e. The van der Waals surface area contributed by atoms with E-state index in [0.717, 1.165) is 30.4 Å². The summed E-state index contributed by atoms with van der Waals surface area (Å²) < 4.78 is 5.67. The van der Waals surface area contributed by atoms with E-state index in [0.29, 0.717) is 17.0 Å². The summed E-state index contributed by atoms with van der Waals surface area (Å²) in [5.41, 5.74) is 2.97. The molecule has 0 radical (unpaired) electrons. The van der Waals surface area contributed by atoms with Gasteiger partial charge < -0.3 is 15.2 Å². The van der Waals surface area contributed by atoms with Crippen LogP contribution in [0.2, 0.25) is 0 Å². The number of aliphatic hydroxyl groups is 1. The zero-order chi connectivity index (χ0) is 17.8. The van der Waals surface area contributed by atoms with Crippen LogP contribution < -0.4 is 10.1 Å². The van der Waals surface area contributed by atoms with Gasteiger partial charge in [0.2, 0.25) is 0 Å². The quantitative estimate of drug-likeness (QED) is 0.820. The Morgan fingerprint density at radius 2 is 2.04 bits per heavy atom. The molecule has 1 atom stereocenters. The fourth-order valence-corrected chi connectivity index (χ4v) is 3.08. The molecule has 0 fully saturated rings. The van der Waals surface area contributed by atoms with Crippen molar-refractivity contribution < 1.29 is 19.4 Å². The van der Waals surface area contributed by atoms with E-state index in [2.05, 4.69) is 5.32 Å². The number of carbonyl (C=O) groups is 2. The van der Waals surface area contributed by atoms with Crippen molar-refractivity contribution in [1.82, 2.24) is 0 Å². The lowest BCUT2D eigenvalue weighted by Crippen LogP contribution is -2.21. The third-order valence-electron chi connectivity index (χ3n) is 4.34. The molecule has 1 amide bonds. The van der Waals surface area contributed by atoms with E-state index in [1.165, 1.54) is 6.92 Å². The van der Waals surface area contributed by atoms with E-state index >= 15 is 0 Å². The number of fused-ring (bicyclic) bond motifs is 1. The molecule has 5 heteroatoms. The molecule has 0 aliphatic heterocycles. The van der Waals surface area contributed by atoms with Gasteiger partial charge in [0.15, 0.2) is 12.4 Å². The number of Topliss-reactive ketones (excluding diaryl/α,β-unsaturated/α-hetero) is 1. The first-order valence-electron chi connectivity index (χ1n) is 8.38. The van der Waals surface area contributed by atoms with Gasteiger partial charge in [-0.3, -0.25) is 9.59 Å². The predicted molar refractivity (Wildman–Crippen MR) is 94.9 cm³/mol. The van der Waals surface area contributed by atoms with Crippen molar-refractivity contribution in [3.05, 3.63) is 59.2 Å². The summed E-state index contributed by atoms with van der Waals surface area (Å²) in [7, 11) is 0. The Morgan fingerprint density at radius 3 is 2.84 bits per heavy atom. The van der Waals surface area contributed by atoms with Crippen molar-refractivity contribution in [3.63, 3.8) is 0 Å². The lowest BCUT2D eigenvalue weighted by Gasteiger charge is -2.23. The fraction of sp³-hybridized carbons (Fsp3) is 0.300. The molecule has 1 unspecified atom stereocenters. The van der Waals surface area contributed by atoms with Crippen LogP contribution in [-0.2, 0) is 11.2 Å². The molecule has 2 aromatic rings. The van der Waals surface area contributed by atoms with Crippen LogP contribution in [0.15, 0.2) is 42.5 Å². The van der Waals surface area contributed by atoms with Crippen molar-refractivity contribution in [2.45, 2.75) is 32.3 Å². The Labute approximate surface area is 146 Å². The summed E-state index contributed by atoms with van der Waals surface area (Å²) in [6.07, 6.45) is 2.03. The van der Waals surface area contributed by atoms with Gasteiger partial charge in [-0.05, 0) is 55.5 Å². The minimum atomic E-state index is -0.463. The van der Waals surface area contributed by atoms with Crippen molar-refractivity contribution in [2.24, 2.45) is 0 Å². The lowest BCUT2D eigenvalue weighted by atomic mass is 9.89. The van der Waals surface area contributed by atoms with Crippen LogP contribution in [-0.4, -0.2) is 23.4 Å². The number of hydrogen-bond donors (Lipinski definition) is 2. The molecule has 2 aromatic carbocycles. The van der Waals surface area contributed by atoms with E-state index in [4.69, 9.17) is 4.74 Å². The molecule has 0 aromatic heterocycles. The second-order valence-electron chi connectivity index (χ2n) is 6.21. The highest BCUT2D eigenvalue weighted by atomic mass is 16.5. The highest BCUT2D eigenvalue weighted by Gasteiger charge is 2.21. The molecular formula is C20H21NO4. The molecule has 0 spiro atoms. The highest BCUT2D eigenvalue weighted by molar-refractivity contribution is 5.97. The normalized spacial score (nSPS) is 16.0. The molecule has 2 N–H and O–H groups in total. The molecular weight excluding hydrogens is 318 g/mol. The fourth-order valence-electron chi connectivity index (χ4n) is 3.08. The summed E-state index contributed by atoms with van der Waals surface area (Å²) in [6, 6.07) is 12.3. The topological polar surface area (TPSA) is 75.6 Å². The molecule has 0 saturated heterocycles. The number of hydrogen-bond acceptors (Lipinski definition) is 4. The van der Waals surface area contributed by atoms with Gasteiger partial charge >= 0.3 is 0 Å². The number of nitrogens with one attached hydrogen (secondary N) is 1. The average Bonchev–Trinajstić information content (AvgIpc) is 2.60. The first-order chi connectivity index (χ1) is 12.0. The molecule has 0 saturated carbocycles. The Kier molecular flexibility index (Phi) is 5.14. The van der Waals surface area contributed by atoms with Crippen LogP contribution in [0.25, 0.3) is 0 Å². The zero-order valence-electron chi connectivity index (χ0n) is 14.1. The van der Waals surface area contributed by atoms with Gasteiger partial charge in [-0.25, -0.2) is 0 Å². The van der Waals surface area contributed by atoms with E-state index in [1.54, 1.807) is 24.3 Å². The van der Waals surface area contributed by atoms with Gasteiger partial charge in [0.05, 0.1) is 6.10 Å². The Bertz CT molecular complexity index is 800. The second kappa shape index (κ2) is 7.49. The number of amides is 1. The number of rotatable bonds is 5. The number of ether oxygens (including phenoxy) is 1. The molecule has 5 nitrogen and oxygen atoms in total. The number of anilines is 1. The van der Waals surface area contributed by atoms with Gasteiger partial charge in [-0.15, -0.1) is 0 Å². The van der Waals surface area contributed by atoms with Gasteiger partial charge in [0.25, 0.3) is 5.91 Å². The van der Waals surface area contributed by atoms with Crippen LogP contribution in [0.1, 0.15) is 47.4 Å². The van der Waals surface area contributed by atoms with Crippen molar-refractivity contribution in [1.29, 1.82) is 0 Å².